The number of fused-ring (bicyclic) bond motifs is 1. The van der Waals surface area contributed by atoms with E-state index in [0.717, 1.165) is 43.4 Å². The fraction of sp³-hybridized carbons (Fsp3) is 0.571. The molecule has 0 bridgehead atoms. The van der Waals surface area contributed by atoms with Crippen molar-refractivity contribution in [3.63, 3.8) is 0 Å². The molecule has 134 valence electrons. The maximum Gasteiger partial charge on any atom is 0.129 e. The number of anilines is 1. The number of aromatic nitrogens is 1. The second kappa shape index (κ2) is 7.71. The van der Waals surface area contributed by atoms with Crippen LogP contribution in [0.4, 0.5) is 5.82 Å². The van der Waals surface area contributed by atoms with Gasteiger partial charge in [-0.05, 0) is 37.5 Å². The van der Waals surface area contributed by atoms with Crippen LogP contribution in [0.5, 0.6) is 0 Å². The van der Waals surface area contributed by atoms with Crippen LogP contribution in [0.2, 0.25) is 0 Å². The van der Waals surface area contributed by atoms with Gasteiger partial charge in [0.2, 0.25) is 0 Å². The fourth-order valence-corrected chi connectivity index (χ4v) is 4.61. The largest absolute Gasteiger partial charge is 0.396 e. The molecule has 1 N–H and O–H groups in total. The summed E-state index contributed by atoms with van der Waals surface area (Å²) < 4.78 is 0. The Morgan fingerprint density at radius 1 is 1.00 bits per heavy atom. The van der Waals surface area contributed by atoms with Crippen LogP contribution >= 0.6 is 0 Å². The Balaban J connectivity index is 1.51. The first-order valence-electron chi connectivity index (χ1n) is 9.82. The zero-order valence-electron chi connectivity index (χ0n) is 15.0. The number of pyridine rings is 1. The predicted octanol–water partition coefficient (Wildman–Crippen LogP) is 3.44. The van der Waals surface area contributed by atoms with Gasteiger partial charge in [0.1, 0.15) is 5.82 Å². The summed E-state index contributed by atoms with van der Waals surface area (Å²) >= 11 is 0. The van der Waals surface area contributed by atoms with Crippen molar-refractivity contribution in [3.05, 3.63) is 36.4 Å². The summed E-state index contributed by atoms with van der Waals surface area (Å²) in [7, 11) is 0. The lowest BCUT2D eigenvalue weighted by atomic mass is 9.92. The molecule has 2 aliphatic rings. The van der Waals surface area contributed by atoms with E-state index in [2.05, 4.69) is 46.2 Å². The average Bonchev–Trinajstić information content (AvgIpc) is 2.68. The molecule has 2 aromatic rings. The van der Waals surface area contributed by atoms with Crippen LogP contribution in [-0.4, -0.2) is 53.3 Å². The van der Waals surface area contributed by atoms with Gasteiger partial charge < -0.3 is 10.0 Å². The topological polar surface area (TPSA) is 39.6 Å². The lowest BCUT2D eigenvalue weighted by molar-refractivity contribution is 0.0756. The lowest BCUT2D eigenvalue weighted by Gasteiger charge is -2.46. The number of para-hydroxylation sites is 1. The van der Waals surface area contributed by atoms with E-state index in [1.807, 2.05) is 0 Å². The van der Waals surface area contributed by atoms with E-state index in [0.29, 0.717) is 6.04 Å². The van der Waals surface area contributed by atoms with E-state index in [4.69, 9.17) is 4.98 Å². The van der Waals surface area contributed by atoms with Crippen molar-refractivity contribution in [2.75, 3.05) is 31.1 Å². The Bertz CT molecular complexity index is 698. The fourth-order valence-electron chi connectivity index (χ4n) is 4.61. The number of hydrogen-bond donors (Lipinski definition) is 1. The third-order valence-corrected chi connectivity index (χ3v) is 5.94. The van der Waals surface area contributed by atoms with Crippen molar-refractivity contribution in [3.8, 4) is 0 Å². The van der Waals surface area contributed by atoms with Gasteiger partial charge in [0.25, 0.3) is 0 Å². The van der Waals surface area contributed by atoms with Gasteiger partial charge in [-0.1, -0.05) is 37.5 Å². The molecule has 0 unspecified atom stereocenters. The predicted molar refractivity (Wildman–Crippen MR) is 103 cm³/mol. The first kappa shape index (κ1) is 16.8. The Kier molecular flexibility index (Phi) is 5.18. The third kappa shape index (κ3) is 3.65. The van der Waals surface area contributed by atoms with Crippen molar-refractivity contribution in [1.82, 2.24) is 9.88 Å². The van der Waals surface area contributed by atoms with E-state index in [-0.39, 0.29) is 6.61 Å². The molecule has 2 heterocycles. The van der Waals surface area contributed by atoms with Gasteiger partial charge in [-0.25, -0.2) is 4.98 Å². The van der Waals surface area contributed by atoms with E-state index < -0.39 is 0 Å². The number of rotatable bonds is 4. The van der Waals surface area contributed by atoms with Crippen molar-refractivity contribution in [2.45, 2.75) is 50.6 Å². The second-order valence-corrected chi connectivity index (χ2v) is 7.50. The van der Waals surface area contributed by atoms with Gasteiger partial charge in [-0.2, -0.15) is 0 Å². The summed E-state index contributed by atoms with van der Waals surface area (Å²) in [4.78, 5) is 9.97. The van der Waals surface area contributed by atoms with Crippen LogP contribution in [0.1, 0.15) is 38.5 Å². The Labute approximate surface area is 150 Å². The Morgan fingerprint density at radius 2 is 1.84 bits per heavy atom. The molecule has 4 nitrogen and oxygen atoms in total. The summed E-state index contributed by atoms with van der Waals surface area (Å²) in [6.45, 7) is 3.36. The normalized spacial score (nSPS) is 23.2. The monoisotopic (exact) mass is 339 g/mol. The summed E-state index contributed by atoms with van der Waals surface area (Å²) in [5, 5.41) is 10.8. The van der Waals surface area contributed by atoms with Gasteiger partial charge in [0.05, 0.1) is 5.52 Å². The molecule has 1 aliphatic carbocycles. The van der Waals surface area contributed by atoms with E-state index in [1.54, 1.807) is 0 Å². The SMILES string of the molecule is OCC[C@H]1CN(c2ccc3ccccc3n2)CCN1C1CCCCC1. The molecular formula is C21H29N3O. The van der Waals surface area contributed by atoms with E-state index in [9.17, 15) is 5.11 Å². The quantitative estimate of drug-likeness (QED) is 0.926. The number of benzene rings is 1. The Morgan fingerprint density at radius 3 is 2.68 bits per heavy atom. The molecule has 25 heavy (non-hydrogen) atoms. The summed E-state index contributed by atoms with van der Waals surface area (Å²) in [5.41, 5.74) is 1.06. The van der Waals surface area contributed by atoms with Crippen LogP contribution in [0.15, 0.2) is 36.4 Å². The van der Waals surface area contributed by atoms with E-state index in [1.165, 1.54) is 37.5 Å². The number of piperazine rings is 1. The molecule has 1 aliphatic heterocycles. The number of nitrogens with zero attached hydrogens (tertiary/aromatic N) is 3. The highest BCUT2D eigenvalue weighted by Gasteiger charge is 2.32. The van der Waals surface area contributed by atoms with Crippen molar-refractivity contribution >= 4 is 16.7 Å². The zero-order valence-corrected chi connectivity index (χ0v) is 15.0. The van der Waals surface area contributed by atoms with Crippen LogP contribution in [0, 0.1) is 0 Å². The Hall–Kier alpha value is -1.65. The molecule has 4 rings (SSSR count). The highest BCUT2D eigenvalue weighted by molar-refractivity contribution is 5.80. The maximum absolute atomic E-state index is 9.57. The molecular weight excluding hydrogens is 310 g/mol. The molecule has 1 saturated heterocycles. The minimum absolute atomic E-state index is 0.271. The summed E-state index contributed by atoms with van der Waals surface area (Å²) in [5.74, 6) is 1.07. The molecule has 0 amide bonds. The average molecular weight is 339 g/mol. The van der Waals surface area contributed by atoms with Crippen LogP contribution < -0.4 is 4.90 Å². The highest BCUT2D eigenvalue weighted by atomic mass is 16.3. The van der Waals surface area contributed by atoms with Crippen LogP contribution in [0.3, 0.4) is 0 Å². The molecule has 1 atom stereocenters. The van der Waals surface area contributed by atoms with Gasteiger partial charge in [-0.15, -0.1) is 0 Å². The summed E-state index contributed by atoms with van der Waals surface area (Å²) in [6, 6.07) is 13.8. The first-order chi connectivity index (χ1) is 12.3. The van der Waals surface area contributed by atoms with E-state index >= 15 is 0 Å². The first-order valence-corrected chi connectivity index (χ1v) is 9.82. The minimum atomic E-state index is 0.271. The molecule has 1 aromatic carbocycles. The maximum atomic E-state index is 9.57. The molecule has 1 aromatic heterocycles. The number of hydrogen-bond acceptors (Lipinski definition) is 4. The third-order valence-electron chi connectivity index (χ3n) is 5.94. The molecule has 0 radical (unpaired) electrons. The van der Waals surface area contributed by atoms with Crippen molar-refractivity contribution in [2.24, 2.45) is 0 Å². The van der Waals surface area contributed by atoms with Gasteiger partial charge in [-0.3, -0.25) is 4.90 Å². The number of aliphatic hydroxyl groups excluding tert-OH is 1. The van der Waals surface area contributed by atoms with Crippen LogP contribution in [-0.2, 0) is 0 Å². The van der Waals surface area contributed by atoms with Gasteiger partial charge in [0.15, 0.2) is 0 Å². The molecule has 2 fully saturated rings. The van der Waals surface area contributed by atoms with Crippen LogP contribution in [0.25, 0.3) is 10.9 Å². The molecule has 0 spiro atoms. The minimum Gasteiger partial charge on any atom is -0.396 e. The standard InChI is InChI=1S/C21H29N3O/c25-15-12-19-16-23(13-14-24(19)18-7-2-1-3-8-18)21-11-10-17-6-4-5-9-20(17)22-21/h4-6,9-11,18-19,25H,1-3,7-8,12-16H2/t19-/m0/s1. The lowest BCUT2D eigenvalue weighted by Crippen LogP contribution is -2.57. The highest BCUT2D eigenvalue weighted by Crippen LogP contribution is 2.28. The van der Waals surface area contributed by atoms with Gasteiger partial charge in [0, 0.05) is 43.7 Å². The molecule has 1 saturated carbocycles. The van der Waals surface area contributed by atoms with Crippen molar-refractivity contribution < 1.29 is 5.11 Å². The summed E-state index contributed by atoms with van der Waals surface area (Å²) in [6.07, 6.45) is 7.64. The molecule has 4 heteroatoms. The second-order valence-electron chi connectivity index (χ2n) is 7.50. The van der Waals surface area contributed by atoms with Crippen molar-refractivity contribution in [1.29, 1.82) is 0 Å². The smallest absolute Gasteiger partial charge is 0.129 e. The zero-order chi connectivity index (χ0) is 17.1. The number of aliphatic hydroxyl groups is 1. The van der Waals surface area contributed by atoms with Gasteiger partial charge >= 0.3 is 0 Å².